The zero-order valence-corrected chi connectivity index (χ0v) is 16.8. The number of hydrogen-bond acceptors (Lipinski definition) is 6. The third kappa shape index (κ3) is 3.94. The summed E-state index contributed by atoms with van der Waals surface area (Å²) in [4.78, 5) is 12.9. The van der Waals surface area contributed by atoms with Crippen LogP contribution >= 0.6 is 11.8 Å². The molecule has 1 heterocycles. The molecule has 0 unspecified atom stereocenters. The van der Waals surface area contributed by atoms with Crippen LogP contribution in [0.2, 0.25) is 0 Å². The molecule has 0 saturated heterocycles. The van der Waals surface area contributed by atoms with E-state index in [2.05, 4.69) is 27.7 Å². The van der Waals surface area contributed by atoms with Crippen LogP contribution in [0.25, 0.3) is 0 Å². The maximum Gasteiger partial charge on any atom is 0.210 e. The number of thioether (sulfide) groups is 1. The van der Waals surface area contributed by atoms with Crippen molar-refractivity contribution in [1.82, 2.24) is 20.2 Å². The van der Waals surface area contributed by atoms with E-state index in [0.29, 0.717) is 11.7 Å². The summed E-state index contributed by atoms with van der Waals surface area (Å²) in [5.41, 5.74) is 4.52. The fourth-order valence-corrected chi connectivity index (χ4v) is 4.32. The van der Waals surface area contributed by atoms with Gasteiger partial charge >= 0.3 is 0 Å². The van der Waals surface area contributed by atoms with Gasteiger partial charge in [0.25, 0.3) is 0 Å². The monoisotopic (exact) mass is 394 g/mol. The highest BCUT2D eigenvalue weighted by atomic mass is 32.2. The predicted molar refractivity (Wildman–Crippen MR) is 108 cm³/mol. The number of aryl methyl sites for hydroxylation is 2. The number of ether oxygens (including phenoxy) is 1. The number of tetrazole rings is 1. The van der Waals surface area contributed by atoms with Crippen molar-refractivity contribution in [2.75, 3.05) is 7.11 Å². The van der Waals surface area contributed by atoms with Gasteiger partial charge in [-0.05, 0) is 71.5 Å². The molecule has 1 aliphatic carbocycles. The number of nitrogens with zero attached hydrogens (tertiary/aromatic N) is 4. The highest BCUT2D eigenvalue weighted by Gasteiger charge is 2.22. The molecule has 2 aromatic carbocycles. The molecule has 0 saturated carbocycles. The number of aromatic nitrogens is 4. The van der Waals surface area contributed by atoms with E-state index in [1.54, 1.807) is 11.8 Å². The molecule has 0 bridgehead atoms. The Morgan fingerprint density at radius 3 is 2.75 bits per heavy atom. The Labute approximate surface area is 168 Å². The average molecular weight is 395 g/mol. The molecule has 1 aliphatic rings. The zero-order valence-electron chi connectivity index (χ0n) is 16.0. The fourth-order valence-electron chi connectivity index (χ4n) is 3.46. The number of ketones is 1. The number of carbonyl (C=O) groups is 1. The number of carbonyl (C=O) groups excluding carboxylic acids is 1. The first-order valence-electron chi connectivity index (χ1n) is 9.36. The van der Waals surface area contributed by atoms with E-state index >= 15 is 0 Å². The molecule has 28 heavy (non-hydrogen) atoms. The Morgan fingerprint density at radius 2 is 1.96 bits per heavy atom. The van der Waals surface area contributed by atoms with E-state index in [0.717, 1.165) is 29.7 Å². The van der Waals surface area contributed by atoms with Gasteiger partial charge in [0.2, 0.25) is 5.16 Å². The van der Waals surface area contributed by atoms with Crippen LogP contribution in [0.5, 0.6) is 5.75 Å². The van der Waals surface area contributed by atoms with Crippen LogP contribution in [0.3, 0.4) is 0 Å². The third-order valence-corrected chi connectivity index (χ3v) is 6.10. The highest BCUT2D eigenvalue weighted by Crippen LogP contribution is 2.27. The lowest BCUT2D eigenvalue weighted by atomic mass is 10.0. The number of hydrogen-bond donors (Lipinski definition) is 0. The minimum absolute atomic E-state index is 0.110. The zero-order chi connectivity index (χ0) is 19.5. The van der Waals surface area contributed by atoms with E-state index in [4.69, 9.17) is 4.74 Å². The van der Waals surface area contributed by atoms with Gasteiger partial charge in [0.1, 0.15) is 5.75 Å². The number of benzene rings is 2. The number of methoxy groups -OCH3 is 1. The minimum Gasteiger partial charge on any atom is -0.497 e. The molecule has 3 aromatic rings. The van der Waals surface area contributed by atoms with Crippen LogP contribution in [-0.4, -0.2) is 38.4 Å². The van der Waals surface area contributed by atoms with Gasteiger partial charge in [-0.15, -0.1) is 5.10 Å². The highest BCUT2D eigenvalue weighted by molar-refractivity contribution is 8.00. The molecular formula is C21H22N4O2S. The number of Topliss-reactive ketones (excluding diaryl/α,β-unsaturated/α-hetero) is 1. The fraction of sp³-hybridized carbons (Fsp3) is 0.333. The normalized spacial score (nSPS) is 13.9. The largest absolute Gasteiger partial charge is 0.497 e. The van der Waals surface area contributed by atoms with E-state index in [1.165, 1.54) is 29.3 Å². The number of fused-ring (bicyclic) bond motifs is 1. The Morgan fingerprint density at radius 1 is 1.18 bits per heavy atom. The summed E-state index contributed by atoms with van der Waals surface area (Å²) in [5, 5.41) is 12.4. The second kappa shape index (κ2) is 8.14. The van der Waals surface area contributed by atoms with Gasteiger partial charge in [-0.3, -0.25) is 4.79 Å². The molecule has 0 amide bonds. The average Bonchev–Trinajstić information content (AvgIpc) is 3.36. The van der Waals surface area contributed by atoms with Gasteiger partial charge in [0, 0.05) is 5.56 Å². The van der Waals surface area contributed by atoms with Crippen LogP contribution in [-0.2, 0) is 19.4 Å². The van der Waals surface area contributed by atoms with Crippen molar-refractivity contribution in [2.24, 2.45) is 0 Å². The summed E-state index contributed by atoms with van der Waals surface area (Å²) >= 11 is 1.39. The van der Waals surface area contributed by atoms with E-state index in [-0.39, 0.29) is 11.0 Å². The minimum atomic E-state index is -0.264. The Balaban J connectivity index is 1.45. The molecule has 7 heteroatoms. The molecule has 0 radical (unpaired) electrons. The summed E-state index contributed by atoms with van der Waals surface area (Å²) in [6, 6.07) is 13.9. The Kier molecular flexibility index (Phi) is 5.43. The molecule has 0 fully saturated rings. The first-order valence-corrected chi connectivity index (χ1v) is 10.2. The lowest BCUT2D eigenvalue weighted by molar-refractivity contribution is 0.0993. The Bertz CT molecular complexity index is 984. The van der Waals surface area contributed by atoms with Gasteiger partial charge in [-0.25, -0.2) is 4.68 Å². The van der Waals surface area contributed by atoms with Crippen molar-refractivity contribution in [3.63, 3.8) is 0 Å². The van der Waals surface area contributed by atoms with Gasteiger partial charge in [-0.1, -0.05) is 36.0 Å². The van der Waals surface area contributed by atoms with Crippen molar-refractivity contribution >= 4 is 17.5 Å². The maximum absolute atomic E-state index is 12.9. The van der Waals surface area contributed by atoms with Crippen LogP contribution in [0.1, 0.15) is 40.4 Å². The molecule has 0 aliphatic heterocycles. The number of rotatable bonds is 7. The second-order valence-electron chi connectivity index (χ2n) is 6.93. The molecule has 0 spiro atoms. The quantitative estimate of drug-likeness (QED) is 0.451. The third-order valence-electron chi connectivity index (χ3n) is 5.02. The molecular weight excluding hydrogens is 372 g/mol. The summed E-state index contributed by atoms with van der Waals surface area (Å²) in [7, 11) is 1.64. The van der Waals surface area contributed by atoms with E-state index < -0.39 is 0 Å². The van der Waals surface area contributed by atoms with Crippen molar-refractivity contribution < 1.29 is 9.53 Å². The first kappa shape index (κ1) is 18.7. The van der Waals surface area contributed by atoms with Gasteiger partial charge in [-0.2, -0.15) is 0 Å². The molecule has 144 valence electrons. The van der Waals surface area contributed by atoms with Crippen molar-refractivity contribution in [3.05, 3.63) is 64.7 Å². The van der Waals surface area contributed by atoms with Crippen LogP contribution in [0.4, 0.5) is 0 Å². The Hall–Kier alpha value is -2.67. The van der Waals surface area contributed by atoms with Crippen molar-refractivity contribution in [3.8, 4) is 5.75 Å². The summed E-state index contributed by atoms with van der Waals surface area (Å²) in [6.07, 6.45) is 3.36. The molecule has 4 rings (SSSR count). The van der Waals surface area contributed by atoms with E-state index in [1.807, 2.05) is 37.3 Å². The van der Waals surface area contributed by atoms with Gasteiger partial charge in [0.15, 0.2) is 5.78 Å². The van der Waals surface area contributed by atoms with Gasteiger partial charge in [0.05, 0.1) is 18.9 Å². The summed E-state index contributed by atoms with van der Waals surface area (Å²) < 4.78 is 6.91. The predicted octanol–water partition coefficient (Wildman–Crippen LogP) is 3.58. The van der Waals surface area contributed by atoms with Crippen molar-refractivity contribution in [2.45, 2.75) is 43.1 Å². The first-order chi connectivity index (χ1) is 13.6. The summed E-state index contributed by atoms with van der Waals surface area (Å²) in [5.74, 6) is 0.919. The molecule has 0 N–H and O–H groups in total. The van der Waals surface area contributed by atoms with Crippen LogP contribution in [0, 0.1) is 0 Å². The van der Waals surface area contributed by atoms with Crippen molar-refractivity contribution in [1.29, 1.82) is 0 Å². The lowest BCUT2D eigenvalue weighted by Gasteiger charge is -2.11. The topological polar surface area (TPSA) is 69.9 Å². The maximum atomic E-state index is 12.9. The molecule has 1 atom stereocenters. The van der Waals surface area contributed by atoms with Crippen LogP contribution < -0.4 is 4.74 Å². The second-order valence-corrected chi connectivity index (χ2v) is 8.24. The molecule has 6 nitrogen and oxygen atoms in total. The standard InChI is InChI=1S/C21H22N4O2S/c1-14(20(26)18-9-8-16-4-3-5-17(16)12-18)28-21-22-23-24-25(21)13-15-6-10-19(27-2)11-7-15/h6-12,14H,3-5,13H2,1-2H3/t14-/m0/s1. The lowest BCUT2D eigenvalue weighted by Crippen LogP contribution is -2.15. The summed E-state index contributed by atoms with van der Waals surface area (Å²) in [6.45, 7) is 2.45. The molecule has 1 aromatic heterocycles. The smallest absolute Gasteiger partial charge is 0.210 e. The van der Waals surface area contributed by atoms with Crippen LogP contribution in [0.15, 0.2) is 47.6 Å². The van der Waals surface area contributed by atoms with E-state index in [9.17, 15) is 4.79 Å². The SMILES string of the molecule is COc1ccc(Cn2nnnc2S[C@@H](C)C(=O)c2ccc3c(c2)CCC3)cc1. The van der Waals surface area contributed by atoms with Gasteiger partial charge < -0.3 is 4.74 Å².